The van der Waals surface area contributed by atoms with E-state index in [1.54, 1.807) is 11.1 Å². The minimum Gasteiger partial charge on any atom is -0.444 e. The molecule has 23 heavy (non-hydrogen) atoms. The van der Waals surface area contributed by atoms with E-state index in [1.165, 1.54) is 0 Å². The number of hydrogen-bond acceptors (Lipinski definition) is 6. The maximum Gasteiger partial charge on any atom is 0.410 e. The van der Waals surface area contributed by atoms with Crippen LogP contribution in [0.15, 0.2) is 22.7 Å². The third-order valence-electron chi connectivity index (χ3n) is 3.64. The number of ether oxygens (including phenoxy) is 1. The Balaban J connectivity index is 1.54. The highest BCUT2D eigenvalue weighted by Crippen LogP contribution is 2.21. The summed E-state index contributed by atoms with van der Waals surface area (Å²) in [6, 6.07) is 4.40. The van der Waals surface area contributed by atoms with Crippen LogP contribution in [-0.2, 0) is 4.74 Å². The molecule has 0 saturated carbocycles. The number of piperidine rings is 1. The fourth-order valence-corrected chi connectivity index (χ4v) is 2.54. The molecule has 0 bridgehead atoms. The van der Waals surface area contributed by atoms with Gasteiger partial charge in [0.15, 0.2) is 0 Å². The largest absolute Gasteiger partial charge is 0.444 e. The summed E-state index contributed by atoms with van der Waals surface area (Å²) in [4.78, 5) is 22.3. The summed E-state index contributed by atoms with van der Waals surface area (Å²) in [5.41, 5.74) is 0.805. The zero-order valence-corrected chi connectivity index (χ0v) is 13.7. The standard InChI is InChI=1S/C16H22N4O3/c1-16(2,3)23-15(21)20-9-6-11(7-10-20)18-14-19-12-5-4-8-17-13(12)22-14/h4-5,8,11H,6-7,9-10H2,1-3H3,(H,18,19). The second-order valence-corrected chi connectivity index (χ2v) is 6.73. The number of nitrogens with zero attached hydrogens (tertiary/aromatic N) is 3. The Morgan fingerprint density at radius 3 is 2.78 bits per heavy atom. The molecule has 124 valence electrons. The van der Waals surface area contributed by atoms with Crippen LogP contribution in [0.5, 0.6) is 0 Å². The number of anilines is 1. The molecule has 0 spiro atoms. The van der Waals surface area contributed by atoms with Crippen molar-refractivity contribution in [2.75, 3.05) is 18.4 Å². The molecule has 3 heterocycles. The molecule has 0 radical (unpaired) electrons. The molecule has 3 rings (SSSR count). The number of carbonyl (C=O) groups is 1. The number of hydrogen-bond donors (Lipinski definition) is 1. The first-order valence-electron chi connectivity index (χ1n) is 7.87. The molecule has 1 saturated heterocycles. The summed E-state index contributed by atoms with van der Waals surface area (Å²) in [6.45, 7) is 6.94. The van der Waals surface area contributed by atoms with Gasteiger partial charge >= 0.3 is 6.09 Å². The van der Waals surface area contributed by atoms with E-state index in [2.05, 4.69) is 15.3 Å². The number of rotatable bonds is 2. The molecule has 1 N–H and O–H groups in total. The van der Waals surface area contributed by atoms with Gasteiger partial charge in [-0.1, -0.05) is 0 Å². The van der Waals surface area contributed by atoms with Gasteiger partial charge in [0.2, 0.25) is 5.71 Å². The Bertz CT molecular complexity index is 651. The van der Waals surface area contributed by atoms with Crippen LogP contribution in [-0.4, -0.2) is 45.7 Å². The highest BCUT2D eigenvalue weighted by Gasteiger charge is 2.27. The van der Waals surface area contributed by atoms with Gasteiger partial charge in [0.1, 0.15) is 11.1 Å². The van der Waals surface area contributed by atoms with E-state index in [-0.39, 0.29) is 12.1 Å². The topological polar surface area (TPSA) is 80.5 Å². The first-order chi connectivity index (χ1) is 10.9. The monoisotopic (exact) mass is 318 g/mol. The minimum absolute atomic E-state index is 0.224. The first kappa shape index (κ1) is 15.6. The van der Waals surface area contributed by atoms with Gasteiger partial charge < -0.3 is 19.4 Å². The summed E-state index contributed by atoms with van der Waals surface area (Å²) in [6.07, 6.45) is 3.08. The smallest absolute Gasteiger partial charge is 0.410 e. The lowest BCUT2D eigenvalue weighted by atomic mass is 10.1. The van der Waals surface area contributed by atoms with Crippen molar-refractivity contribution in [3.63, 3.8) is 0 Å². The highest BCUT2D eigenvalue weighted by atomic mass is 16.6. The maximum absolute atomic E-state index is 12.0. The van der Waals surface area contributed by atoms with E-state index in [0.717, 1.165) is 18.4 Å². The number of fused-ring (bicyclic) bond motifs is 1. The fourth-order valence-electron chi connectivity index (χ4n) is 2.54. The summed E-state index contributed by atoms with van der Waals surface area (Å²) >= 11 is 0. The van der Waals surface area contributed by atoms with Crippen molar-refractivity contribution in [3.8, 4) is 0 Å². The van der Waals surface area contributed by atoms with Gasteiger partial charge in [-0.25, -0.2) is 9.78 Å². The number of amides is 1. The molecule has 0 atom stereocenters. The number of aromatic nitrogens is 2. The quantitative estimate of drug-likeness (QED) is 0.916. The van der Waals surface area contributed by atoms with Crippen LogP contribution in [0.25, 0.3) is 11.2 Å². The molecule has 1 fully saturated rings. The Labute approximate surface area is 135 Å². The number of oxazole rings is 1. The van der Waals surface area contributed by atoms with Gasteiger partial charge in [-0.3, -0.25) is 0 Å². The second-order valence-electron chi connectivity index (χ2n) is 6.73. The highest BCUT2D eigenvalue weighted by molar-refractivity contribution is 5.70. The van der Waals surface area contributed by atoms with Gasteiger partial charge in [-0.2, -0.15) is 4.98 Å². The van der Waals surface area contributed by atoms with Gasteiger partial charge in [-0.15, -0.1) is 0 Å². The predicted octanol–water partition coefficient (Wildman–Crippen LogP) is 3.03. The van der Waals surface area contributed by atoms with Crippen molar-refractivity contribution in [1.82, 2.24) is 14.9 Å². The average Bonchev–Trinajstić information content (AvgIpc) is 2.88. The van der Waals surface area contributed by atoms with E-state index >= 15 is 0 Å². The third-order valence-corrected chi connectivity index (χ3v) is 3.64. The van der Waals surface area contributed by atoms with Gasteiger partial charge in [0, 0.05) is 25.3 Å². The molecule has 1 amide bonds. The molecular weight excluding hydrogens is 296 g/mol. The molecule has 0 unspecified atom stereocenters. The lowest BCUT2D eigenvalue weighted by molar-refractivity contribution is 0.0210. The zero-order chi connectivity index (χ0) is 16.4. The van der Waals surface area contributed by atoms with Crippen LogP contribution in [0.4, 0.5) is 10.8 Å². The van der Waals surface area contributed by atoms with Crippen molar-refractivity contribution in [3.05, 3.63) is 18.3 Å². The van der Waals surface area contributed by atoms with E-state index in [1.807, 2.05) is 32.9 Å². The lowest BCUT2D eigenvalue weighted by Gasteiger charge is -2.33. The van der Waals surface area contributed by atoms with E-state index in [4.69, 9.17) is 9.15 Å². The Hall–Kier alpha value is -2.31. The van der Waals surface area contributed by atoms with E-state index in [0.29, 0.717) is 24.8 Å². The third kappa shape index (κ3) is 3.91. The number of pyridine rings is 1. The second kappa shape index (κ2) is 6.06. The van der Waals surface area contributed by atoms with E-state index in [9.17, 15) is 4.79 Å². The average molecular weight is 318 g/mol. The molecule has 0 aromatic carbocycles. The molecule has 7 heteroatoms. The van der Waals surface area contributed by atoms with Gasteiger partial charge in [-0.05, 0) is 45.7 Å². The Kier molecular flexibility index (Phi) is 4.11. The molecule has 2 aromatic rings. The van der Waals surface area contributed by atoms with Crippen molar-refractivity contribution < 1.29 is 13.9 Å². The van der Waals surface area contributed by atoms with Crippen LogP contribution >= 0.6 is 0 Å². The SMILES string of the molecule is CC(C)(C)OC(=O)N1CCC(Nc2nc3cccnc3o2)CC1. The van der Waals surface area contributed by atoms with Crippen molar-refractivity contribution in [1.29, 1.82) is 0 Å². The van der Waals surface area contributed by atoms with Gasteiger partial charge in [0.05, 0.1) is 0 Å². The normalized spacial score (nSPS) is 16.6. The number of nitrogens with one attached hydrogen (secondary N) is 1. The molecule has 1 aliphatic rings. The summed E-state index contributed by atoms with van der Waals surface area (Å²) in [7, 11) is 0. The number of carbonyl (C=O) groups excluding carboxylic acids is 1. The summed E-state index contributed by atoms with van der Waals surface area (Å²) in [5, 5.41) is 3.28. The van der Waals surface area contributed by atoms with Crippen LogP contribution in [0.3, 0.4) is 0 Å². The van der Waals surface area contributed by atoms with Crippen molar-refractivity contribution >= 4 is 23.3 Å². The van der Waals surface area contributed by atoms with Crippen LogP contribution < -0.4 is 5.32 Å². The molecule has 7 nitrogen and oxygen atoms in total. The number of likely N-dealkylation sites (tertiary alicyclic amines) is 1. The fraction of sp³-hybridized carbons (Fsp3) is 0.562. The van der Waals surface area contributed by atoms with Gasteiger partial charge in [0.25, 0.3) is 6.01 Å². The molecule has 0 aliphatic carbocycles. The zero-order valence-electron chi connectivity index (χ0n) is 13.7. The summed E-state index contributed by atoms with van der Waals surface area (Å²) < 4.78 is 11.0. The minimum atomic E-state index is -0.461. The summed E-state index contributed by atoms with van der Waals surface area (Å²) in [5.74, 6) is 0. The first-order valence-corrected chi connectivity index (χ1v) is 7.87. The molecular formula is C16H22N4O3. The van der Waals surface area contributed by atoms with E-state index < -0.39 is 5.60 Å². The predicted molar refractivity (Wildman–Crippen MR) is 86.3 cm³/mol. The Morgan fingerprint density at radius 1 is 1.39 bits per heavy atom. The molecule has 2 aromatic heterocycles. The van der Waals surface area contributed by atoms with Crippen LogP contribution in [0.1, 0.15) is 33.6 Å². The van der Waals surface area contributed by atoms with Crippen LogP contribution in [0, 0.1) is 0 Å². The maximum atomic E-state index is 12.0. The van der Waals surface area contributed by atoms with Crippen LogP contribution in [0.2, 0.25) is 0 Å². The Morgan fingerprint density at radius 2 is 2.13 bits per heavy atom. The molecule has 1 aliphatic heterocycles. The lowest BCUT2D eigenvalue weighted by Crippen LogP contribution is -2.44. The van der Waals surface area contributed by atoms with Crippen molar-refractivity contribution in [2.45, 2.75) is 45.3 Å². The van der Waals surface area contributed by atoms with Crippen molar-refractivity contribution in [2.24, 2.45) is 0 Å².